The molecule has 3 rings (SSSR count). The maximum Gasteiger partial charge on any atom is 0.312 e. The van der Waals surface area contributed by atoms with E-state index in [1.807, 2.05) is 0 Å². The van der Waals surface area contributed by atoms with Crippen molar-refractivity contribution in [3.63, 3.8) is 0 Å². The summed E-state index contributed by atoms with van der Waals surface area (Å²) in [4.78, 5) is 23.3. The van der Waals surface area contributed by atoms with Crippen LogP contribution in [0.1, 0.15) is 48.7 Å². The number of halogens is 1. The maximum absolute atomic E-state index is 13.3. The lowest BCUT2D eigenvalue weighted by Gasteiger charge is -2.25. The zero-order valence-electron chi connectivity index (χ0n) is 15.4. The van der Waals surface area contributed by atoms with E-state index >= 15 is 0 Å². The van der Waals surface area contributed by atoms with E-state index in [1.165, 1.54) is 16.8 Å². The molecule has 1 aliphatic rings. The van der Waals surface area contributed by atoms with Crippen molar-refractivity contribution in [3.05, 3.63) is 57.1 Å². The van der Waals surface area contributed by atoms with Crippen molar-refractivity contribution < 1.29 is 14.1 Å². The summed E-state index contributed by atoms with van der Waals surface area (Å²) in [5.74, 6) is -0.281. The molecule has 1 heterocycles. The minimum Gasteiger partial charge on any atom is -0.347 e. The second-order valence-electron chi connectivity index (χ2n) is 7.08. The van der Waals surface area contributed by atoms with E-state index in [0.29, 0.717) is 11.6 Å². The minimum absolute atomic E-state index is 0.0614. The average Bonchev–Trinajstić information content (AvgIpc) is 3.22. The van der Waals surface area contributed by atoms with Crippen LogP contribution in [-0.4, -0.2) is 20.6 Å². The summed E-state index contributed by atoms with van der Waals surface area (Å²) >= 11 is 0. The second kappa shape index (κ2) is 7.85. The Kier molecular flexibility index (Phi) is 5.53. The summed E-state index contributed by atoms with van der Waals surface area (Å²) in [7, 11) is 0. The number of benzene rings is 1. The van der Waals surface area contributed by atoms with E-state index in [4.69, 9.17) is 0 Å². The van der Waals surface area contributed by atoms with Crippen LogP contribution in [0.15, 0.2) is 24.3 Å². The smallest absolute Gasteiger partial charge is 0.312 e. The lowest BCUT2D eigenvalue weighted by Crippen LogP contribution is -2.35. The Balaban J connectivity index is 1.78. The van der Waals surface area contributed by atoms with Crippen molar-refractivity contribution in [1.82, 2.24) is 15.1 Å². The Labute approximate surface area is 156 Å². The first kappa shape index (κ1) is 19.0. The maximum atomic E-state index is 13.3. The van der Waals surface area contributed by atoms with Crippen molar-refractivity contribution >= 4 is 11.6 Å². The van der Waals surface area contributed by atoms with Gasteiger partial charge in [-0.25, -0.2) is 4.39 Å². The molecule has 27 heavy (non-hydrogen) atoms. The van der Waals surface area contributed by atoms with E-state index < -0.39 is 4.92 Å². The van der Waals surface area contributed by atoms with Gasteiger partial charge in [-0.15, -0.1) is 0 Å². The third-order valence-electron chi connectivity index (χ3n) is 5.24. The lowest BCUT2D eigenvalue weighted by atomic mass is 9.91. The van der Waals surface area contributed by atoms with Crippen molar-refractivity contribution in [2.24, 2.45) is 5.92 Å². The first-order valence-corrected chi connectivity index (χ1v) is 9.10. The molecule has 1 amide bonds. The predicted molar refractivity (Wildman–Crippen MR) is 97.6 cm³/mol. The molecule has 1 fully saturated rings. The number of carbonyl (C=O) groups is 1. The van der Waals surface area contributed by atoms with E-state index in [0.717, 1.165) is 31.2 Å². The fourth-order valence-electron chi connectivity index (χ4n) is 3.89. The molecule has 1 aromatic heterocycles. The number of amides is 1. The fourth-order valence-corrected chi connectivity index (χ4v) is 3.89. The normalized spacial score (nSPS) is 15.7. The third kappa shape index (κ3) is 4.15. The van der Waals surface area contributed by atoms with E-state index in [-0.39, 0.29) is 35.7 Å². The molecule has 0 radical (unpaired) electrons. The van der Waals surface area contributed by atoms with Crippen LogP contribution in [0.3, 0.4) is 0 Å². The monoisotopic (exact) mass is 374 g/mol. The Bertz CT molecular complexity index is 841. The van der Waals surface area contributed by atoms with Gasteiger partial charge in [0.1, 0.15) is 23.7 Å². The van der Waals surface area contributed by atoms with Gasteiger partial charge in [-0.2, -0.15) is 5.10 Å². The van der Waals surface area contributed by atoms with E-state index in [9.17, 15) is 19.3 Å². The van der Waals surface area contributed by atoms with Crippen LogP contribution in [0.25, 0.3) is 0 Å². The lowest BCUT2D eigenvalue weighted by molar-refractivity contribution is -0.386. The molecule has 0 bridgehead atoms. The van der Waals surface area contributed by atoms with Gasteiger partial charge in [-0.3, -0.25) is 19.6 Å². The molecule has 1 atom stereocenters. The summed E-state index contributed by atoms with van der Waals surface area (Å²) in [6.45, 7) is 3.05. The first-order valence-electron chi connectivity index (χ1n) is 9.10. The van der Waals surface area contributed by atoms with Crippen molar-refractivity contribution in [3.8, 4) is 0 Å². The highest BCUT2D eigenvalue weighted by molar-refractivity contribution is 5.76. The largest absolute Gasteiger partial charge is 0.347 e. The molecular formula is C19H23FN4O3. The van der Waals surface area contributed by atoms with Gasteiger partial charge in [0.15, 0.2) is 0 Å². The zero-order chi connectivity index (χ0) is 19.6. The van der Waals surface area contributed by atoms with Gasteiger partial charge in [-0.1, -0.05) is 25.0 Å². The van der Waals surface area contributed by atoms with Crippen LogP contribution < -0.4 is 5.32 Å². The number of carbonyl (C=O) groups excluding carboxylic acids is 1. The molecule has 1 N–H and O–H groups in total. The average molecular weight is 374 g/mol. The molecule has 0 aliphatic heterocycles. The molecule has 8 heteroatoms. The van der Waals surface area contributed by atoms with Gasteiger partial charge in [-0.05, 0) is 50.3 Å². The van der Waals surface area contributed by atoms with Gasteiger partial charge in [0.2, 0.25) is 5.91 Å². The molecule has 1 saturated carbocycles. The van der Waals surface area contributed by atoms with Crippen molar-refractivity contribution in [1.29, 1.82) is 0 Å². The number of rotatable bonds is 6. The summed E-state index contributed by atoms with van der Waals surface area (Å²) < 4.78 is 14.6. The van der Waals surface area contributed by atoms with Crippen LogP contribution >= 0.6 is 0 Å². The van der Waals surface area contributed by atoms with Gasteiger partial charge in [0.25, 0.3) is 0 Å². The zero-order valence-corrected chi connectivity index (χ0v) is 15.4. The number of hydrogen-bond acceptors (Lipinski definition) is 4. The Hall–Kier alpha value is -2.77. The molecule has 0 spiro atoms. The highest BCUT2D eigenvalue weighted by Crippen LogP contribution is 2.35. The van der Waals surface area contributed by atoms with Crippen molar-refractivity contribution in [2.45, 2.75) is 52.1 Å². The SMILES string of the molecule is Cc1nn(CC(=O)N[C@H](c2ccc(F)cc2)C2CCCC2)c(C)c1[N+](=O)[O-]. The molecule has 2 aromatic rings. The molecule has 0 unspecified atom stereocenters. The van der Waals surface area contributed by atoms with E-state index in [2.05, 4.69) is 10.4 Å². The summed E-state index contributed by atoms with van der Waals surface area (Å²) in [6.07, 6.45) is 4.24. The number of nitro groups is 1. The predicted octanol–water partition coefficient (Wildman–Crippen LogP) is 3.59. The standard InChI is InChI=1S/C19H23FN4O3/c1-12-19(24(26)27)13(2)23(22-12)11-17(25)21-18(14-5-3-4-6-14)15-7-9-16(20)10-8-15/h7-10,14,18H,3-6,11H2,1-2H3,(H,21,25)/t18-/m0/s1. The van der Waals surface area contributed by atoms with Gasteiger partial charge >= 0.3 is 5.69 Å². The van der Waals surface area contributed by atoms with Crippen molar-refractivity contribution in [2.75, 3.05) is 0 Å². The summed E-state index contributed by atoms with van der Waals surface area (Å²) in [5.41, 5.74) is 1.45. The second-order valence-corrected chi connectivity index (χ2v) is 7.08. The Morgan fingerprint density at radius 1 is 1.33 bits per heavy atom. The molecule has 1 aliphatic carbocycles. The molecule has 1 aromatic carbocycles. The highest BCUT2D eigenvalue weighted by atomic mass is 19.1. The molecule has 7 nitrogen and oxygen atoms in total. The fraction of sp³-hybridized carbons (Fsp3) is 0.474. The minimum atomic E-state index is -0.480. The number of aromatic nitrogens is 2. The van der Waals surface area contributed by atoms with Crippen LogP contribution in [0.5, 0.6) is 0 Å². The summed E-state index contributed by atoms with van der Waals surface area (Å²) in [5, 5.41) is 18.3. The Morgan fingerprint density at radius 3 is 2.52 bits per heavy atom. The topological polar surface area (TPSA) is 90.1 Å². The number of aryl methyl sites for hydroxylation is 1. The molecule has 0 saturated heterocycles. The van der Waals surface area contributed by atoms with Crippen LogP contribution in [0.4, 0.5) is 10.1 Å². The van der Waals surface area contributed by atoms with Crippen LogP contribution in [0, 0.1) is 35.7 Å². The van der Waals surface area contributed by atoms with Crippen LogP contribution in [0.2, 0.25) is 0 Å². The number of hydrogen-bond donors (Lipinski definition) is 1. The van der Waals surface area contributed by atoms with Gasteiger partial charge in [0.05, 0.1) is 11.0 Å². The third-order valence-corrected chi connectivity index (χ3v) is 5.24. The number of nitrogens with one attached hydrogen (secondary N) is 1. The van der Waals surface area contributed by atoms with Gasteiger partial charge < -0.3 is 5.32 Å². The van der Waals surface area contributed by atoms with E-state index in [1.54, 1.807) is 26.0 Å². The quantitative estimate of drug-likeness (QED) is 0.618. The first-order chi connectivity index (χ1) is 12.9. The Morgan fingerprint density at radius 2 is 1.96 bits per heavy atom. The number of nitrogens with zero attached hydrogens (tertiary/aromatic N) is 3. The molecular weight excluding hydrogens is 351 g/mol. The van der Waals surface area contributed by atoms with Crippen LogP contribution in [-0.2, 0) is 11.3 Å². The molecule has 144 valence electrons. The highest BCUT2D eigenvalue weighted by Gasteiger charge is 2.29. The summed E-state index contributed by atoms with van der Waals surface area (Å²) in [6, 6.07) is 5.99. The van der Waals surface area contributed by atoms with Gasteiger partial charge in [0, 0.05) is 0 Å².